The van der Waals surface area contributed by atoms with Crippen LogP contribution in [0.5, 0.6) is 5.75 Å². The first kappa shape index (κ1) is 14.2. The van der Waals surface area contributed by atoms with Crippen LogP contribution < -0.4 is 10.1 Å². The minimum atomic E-state index is -0.960. The summed E-state index contributed by atoms with van der Waals surface area (Å²) in [6.45, 7) is 0. The fourth-order valence-electron chi connectivity index (χ4n) is 1.52. The van der Waals surface area contributed by atoms with Crippen LogP contribution in [0, 0.1) is 10.1 Å². The molecule has 0 aliphatic rings. The first-order valence-electron chi connectivity index (χ1n) is 5.89. The van der Waals surface area contributed by atoms with Gasteiger partial charge in [-0.15, -0.1) is 0 Å². The van der Waals surface area contributed by atoms with E-state index in [9.17, 15) is 19.7 Å². The maximum atomic E-state index is 11.7. The van der Waals surface area contributed by atoms with Gasteiger partial charge in [-0.25, -0.2) is 4.79 Å². The first-order chi connectivity index (χ1) is 10.1. The molecule has 21 heavy (non-hydrogen) atoms. The number of nitrogens with one attached hydrogen (secondary N) is 1. The number of rotatable bonds is 3. The number of carbonyl (C=O) groups is 2. The Morgan fingerprint density at radius 2 is 1.62 bits per heavy atom. The fourth-order valence-corrected chi connectivity index (χ4v) is 1.52. The lowest BCUT2D eigenvalue weighted by Crippen LogP contribution is -2.32. The van der Waals surface area contributed by atoms with E-state index in [1.165, 1.54) is 24.3 Å². The van der Waals surface area contributed by atoms with Gasteiger partial charge in [-0.2, -0.15) is 0 Å². The number of nitrogens with zero attached hydrogens (tertiary/aromatic N) is 1. The molecule has 0 heterocycles. The molecule has 7 nitrogen and oxygen atoms in total. The van der Waals surface area contributed by atoms with Crippen LogP contribution in [0.3, 0.4) is 0 Å². The van der Waals surface area contributed by atoms with Gasteiger partial charge in [0.05, 0.1) is 4.92 Å². The SMILES string of the molecule is O=C(NC(=O)c1ccccc1)Oc1ccc([N+](=O)[O-])cc1. The Morgan fingerprint density at radius 1 is 1.00 bits per heavy atom. The van der Waals surface area contributed by atoms with Crippen molar-refractivity contribution < 1.29 is 19.2 Å². The highest BCUT2D eigenvalue weighted by Crippen LogP contribution is 2.17. The van der Waals surface area contributed by atoms with Gasteiger partial charge < -0.3 is 4.74 Å². The van der Waals surface area contributed by atoms with Gasteiger partial charge in [0.25, 0.3) is 11.6 Å². The van der Waals surface area contributed by atoms with Crippen molar-refractivity contribution in [2.45, 2.75) is 0 Å². The van der Waals surface area contributed by atoms with Crippen molar-refractivity contribution in [1.82, 2.24) is 5.32 Å². The van der Waals surface area contributed by atoms with Crippen LogP contribution in [-0.4, -0.2) is 16.9 Å². The molecule has 0 saturated carbocycles. The van der Waals surface area contributed by atoms with Gasteiger partial charge >= 0.3 is 6.09 Å². The summed E-state index contributed by atoms with van der Waals surface area (Å²) in [4.78, 5) is 33.1. The Labute approximate surface area is 119 Å². The van der Waals surface area contributed by atoms with Gasteiger partial charge in [-0.3, -0.25) is 20.2 Å². The zero-order valence-corrected chi connectivity index (χ0v) is 10.7. The van der Waals surface area contributed by atoms with E-state index in [0.717, 1.165) is 0 Å². The van der Waals surface area contributed by atoms with E-state index in [1.54, 1.807) is 30.3 Å². The zero-order chi connectivity index (χ0) is 15.2. The van der Waals surface area contributed by atoms with Crippen molar-refractivity contribution in [1.29, 1.82) is 0 Å². The van der Waals surface area contributed by atoms with E-state index in [-0.39, 0.29) is 11.4 Å². The predicted molar refractivity (Wildman–Crippen MR) is 73.0 cm³/mol. The Kier molecular flexibility index (Phi) is 4.25. The smallest absolute Gasteiger partial charge is 0.410 e. The summed E-state index contributed by atoms with van der Waals surface area (Å²) in [6, 6.07) is 13.1. The molecule has 0 saturated heterocycles. The molecule has 0 radical (unpaired) electrons. The maximum absolute atomic E-state index is 11.7. The minimum Gasteiger partial charge on any atom is -0.410 e. The number of nitro groups is 1. The molecule has 0 aliphatic heterocycles. The summed E-state index contributed by atoms with van der Waals surface area (Å²) in [5.74, 6) is -0.499. The second kappa shape index (κ2) is 6.29. The number of imide groups is 1. The topological polar surface area (TPSA) is 98.5 Å². The second-order valence-corrected chi connectivity index (χ2v) is 3.96. The third-order valence-corrected chi connectivity index (χ3v) is 2.51. The van der Waals surface area contributed by atoms with Crippen LogP contribution in [0.25, 0.3) is 0 Å². The molecule has 0 fully saturated rings. The fraction of sp³-hybridized carbons (Fsp3) is 0. The van der Waals surface area contributed by atoms with Crippen molar-refractivity contribution in [2.75, 3.05) is 0 Å². The van der Waals surface area contributed by atoms with Crippen molar-refractivity contribution in [3.8, 4) is 5.75 Å². The summed E-state index contributed by atoms with van der Waals surface area (Å²) in [5, 5.41) is 12.5. The molecule has 2 aromatic carbocycles. The Bertz CT molecular complexity index is 668. The molecule has 0 atom stereocenters. The van der Waals surface area contributed by atoms with E-state index in [4.69, 9.17) is 4.74 Å². The van der Waals surface area contributed by atoms with Crippen molar-refractivity contribution in [2.24, 2.45) is 0 Å². The summed E-state index contributed by atoms with van der Waals surface area (Å²) < 4.78 is 4.85. The van der Waals surface area contributed by atoms with Gasteiger partial charge in [0, 0.05) is 17.7 Å². The molecule has 7 heteroatoms. The van der Waals surface area contributed by atoms with E-state index in [2.05, 4.69) is 0 Å². The second-order valence-electron chi connectivity index (χ2n) is 3.96. The van der Waals surface area contributed by atoms with E-state index in [0.29, 0.717) is 5.56 Å². The van der Waals surface area contributed by atoms with Crippen molar-refractivity contribution in [3.05, 3.63) is 70.3 Å². The van der Waals surface area contributed by atoms with Crippen LogP contribution in [0.1, 0.15) is 10.4 Å². The third kappa shape index (κ3) is 3.87. The van der Waals surface area contributed by atoms with Crippen LogP contribution in [0.2, 0.25) is 0 Å². The highest BCUT2D eigenvalue weighted by atomic mass is 16.6. The lowest BCUT2D eigenvalue weighted by atomic mass is 10.2. The average Bonchev–Trinajstić information content (AvgIpc) is 2.48. The number of ether oxygens (including phenoxy) is 1. The molecule has 106 valence electrons. The molecular formula is C14H10N2O5. The molecule has 0 aromatic heterocycles. The molecule has 2 aromatic rings. The highest BCUT2D eigenvalue weighted by molar-refractivity contribution is 6.03. The first-order valence-corrected chi connectivity index (χ1v) is 5.89. The summed E-state index contributed by atoms with van der Waals surface area (Å²) in [5.41, 5.74) is 0.196. The van der Waals surface area contributed by atoms with E-state index in [1.807, 2.05) is 5.32 Å². The zero-order valence-electron chi connectivity index (χ0n) is 10.7. The normalized spacial score (nSPS) is 9.71. The maximum Gasteiger partial charge on any atom is 0.419 e. The summed E-state index contributed by atoms with van der Waals surface area (Å²) >= 11 is 0. The van der Waals surface area contributed by atoms with Crippen LogP contribution in [0.15, 0.2) is 54.6 Å². The number of nitro benzene ring substituents is 1. The lowest BCUT2D eigenvalue weighted by Gasteiger charge is -2.05. The molecule has 2 rings (SSSR count). The largest absolute Gasteiger partial charge is 0.419 e. The summed E-state index contributed by atoms with van der Waals surface area (Å²) in [6.07, 6.45) is -0.960. The molecule has 0 unspecified atom stereocenters. The van der Waals surface area contributed by atoms with Crippen molar-refractivity contribution >= 4 is 17.7 Å². The van der Waals surface area contributed by atoms with Gasteiger partial charge in [0.1, 0.15) is 5.75 Å². The van der Waals surface area contributed by atoms with Crippen molar-refractivity contribution in [3.63, 3.8) is 0 Å². The van der Waals surface area contributed by atoms with E-state index < -0.39 is 16.9 Å². The Balaban J connectivity index is 1.95. The van der Waals surface area contributed by atoms with Crippen LogP contribution in [-0.2, 0) is 0 Å². The summed E-state index contributed by atoms with van der Waals surface area (Å²) in [7, 11) is 0. The third-order valence-electron chi connectivity index (χ3n) is 2.51. The minimum absolute atomic E-state index is 0.0963. The molecule has 0 spiro atoms. The Hall–Kier alpha value is -3.22. The van der Waals surface area contributed by atoms with E-state index >= 15 is 0 Å². The quantitative estimate of drug-likeness (QED) is 0.690. The molecule has 2 amide bonds. The molecule has 0 aliphatic carbocycles. The Morgan fingerprint density at radius 3 is 2.19 bits per heavy atom. The predicted octanol–water partition coefficient (Wildman–Crippen LogP) is 2.52. The van der Waals surface area contributed by atoms with Gasteiger partial charge in [-0.05, 0) is 24.3 Å². The number of carbonyl (C=O) groups excluding carboxylic acids is 2. The number of benzene rings is 2. The van der Waals surface area contributed by atoms with Gasteiger partial charge in [0.2, 0.25) is 0 Å². The lowest BCUT2D eigenvalue weighted by molar-refractivity contribution is -0.384. The van der Waals surface area contributed by atoms with Crippen LogP contribution >= 0.6 is 0 Å². The highest BCUT2D eigenvalue weighted by Gasteiger charge is 2.12. The van der Waals surface area contributed by atoms with Gasteiger partial charge in [0.15, 0.2) is 0 Å². The molecular weight excluding hydrogens is 276 g/mol. The molecule has 1 N–H and O–H groups in total. The average molecular weight is 286 g/mol. The number of non-ortho nitro benzene ring substituents is 1. The monoisotopic (exact) mass is 286 g/mol. The van der Waals surface area contributed by atoms with Gasteiger partial charge in [-0.1, -0.05) is 18.2 Å². The number of amides is 2. The number of hydrogen-bond acceptors (Lipinski definition) is 5. The van der Waals surface area contributed by atoms with Crippen LogP contribution in [0.4, 0.5) is 10.5 Å². The molecule has 0 bridgehead atoms. The standard InChI is InChI=1S/C14H10N2O5/c17-13(10-4-2-1-3-5-10)15-14(18)21-12-8-6-11(7-9-12)16(19)20/h1-9H,(H,15,17,18). The number of hydrogen-bond donors (Lipinski definition) is 1.